The Balaban J connectivity index is 1.68. The Morgan fingerprint density at radius 2 is 1.44 bits per heavy atom. The van der Waals surface area contributed by atoms with Crippen molar-refractivity contribution < 1.29 is 79.2 Å². The van der Waals surface area contributed by atoms with Crippen molar-refractivity contribution >= 4 is 11.9 Å². The van der Waals surface area contributed by atoms with Gasteiger partial charge in [-0.05, 0) is 67.0 Å². The van der Waals surface area contributed by atoms with E-state index in [9.17, 15) is 50.4 Å². The second kappa shape index (κ2) is 17.1. The number of aromatic hydroxyl groups is 1. The number of aliphatic hydroxyl groups is 6. The monoisotopic (exact) mass is 684 g/mol. The lowest BCUT2D eigenvalue weighted by Crippen LogP contribution is -2.61. The number of phenolic OH excluding ortho intramolecular Hbond substituents is 1. The first-order valence-electron chi connectivity index (χ1n) is 15.2. The highest BCUT2D eigenvalue weighted by Gasteiger charge is 2.48. The second-order valence-corrected chi connectivity index (χ2v) is 11.8. The molecule has 16 heteroatoms. The summed E-state index contributed by atoms with van der Waals surface area (Å²) in [6.45, 7) is 4.56. The van der Waals surface area contributed by atoms with E-state index in [1.54, 1.807) is 18.2 Å². The molecular formula is C32H44O16. The van der Waals surface area contributed by atoms with Crippen molar-refractivity contribution in [3.05, 3.63) is 47.5 Å². The van der Waals surface area contributed by atoms with E-state index in [1.807, 2.05) is 19.9 Å². The van der Waals surface area contributed by atoms with Crippen LogP contribution >= 0.6 is 0 Å². The Morgan fingerprint density at radius 1 is 0.854 bits per heavy atom. The van der Waals surface area contributed by atoms with Crippen molar-refractivity contribution in [3.63, 3.8) is 0 Å². The third-order valence-corrected chi connectivity index (χ3v) is 8.16. The van der Waals surface area contributed by atoms with Gasteiger partial charge in [0.1, 0.15) is 30.5 Å². The lowest BCUT2D eigenvalue weighted by molar-refractivity contribution is -0.271. The molecular weight excluding hydrogens is 640 g/mol. The molecule has 1 saturated heterocycles. The number of rotatable bonds is 17. The minimum Gasteiger partial charge on any atom is -0.504 e. The van der Waals surface area contributed by atoms with Crippen molar-refractivity contribution in [2.45, 2.75) is 88.9 Å². The number of aliphatic carboxylic acids is 2. The minimum absolute atomic E-state index is 0.0526. The number of hydrogen-bond acceptors (Lipinski definition) is 14. The highest BCUT2D eigenvalue weighted by Crippen LogP contribution is 2.34. The Labute approximate surface area is 276 Å². The predicted octanol–water partition coefficient (Wildman–Crippen LogP) is -0.362. The van der Waals surface area contributed by atoms with Gasteiger partial charge in [0.25, 0.3) is 0 Å². The Morgan fingerprint density at radius 3 is 1.98 bits per heavy atom. The molecule has 16 nitrogen and oxygen atoms in total. The lowest BCUT2D eigenvalue weighted by atomic mass is 9.85. The van der Waals surface area contributed by atoms with Gasteiger partial charge in [0.2, 0.25) is 6.29 Å². The summed E-state index contributed by atoms with van der Waals surface area (Å²) in [5, 5.41) is 88.1. The van der Waals surface area contributed by atoms with Crippen LogP contribution in [0.15, 0.2) is 36.4 Å². The van der Waals surface area contributed by atoms with E-state index in [2.05, 4.69) is 0 Å². The molecule has 1 heterocycles. The maximum Gasteiger partial charge on any atom is 0.335 e. The second-order valence-electron chi connectivity index (χ2n) is 11.8. The van der Waals surface area contributed by atoms with Crippen LogP contribution < -0.4 is 14.2 Å². The molecule has 1 aliphatic heterocycles. The largest absolute Gasteiger partial charge is 0.504 e. The molecule has 0 bridgehead atoms. The standard InChI is InChI=1S/C32H44O16/c1-14(9-17-5-7-19(34)22(11-17)47-32-27(39)25(37)26(38)29(48-32)31(42)43)15(2)10-18-6-8-21(44-4)23(12-18)45-16(3)46-28(30(40)41)24(36)20(35)13-33/h5-8,11-12,14-16,20,24-29,32-39H,9-10,13H2,1-4H3,(H,40,41)(H,42,43). The van der Waals surface area contributed by atoms with Crippen molar-refractivity contribution in [2.75, 3.05) is 13.7 Å². The summed E-state index contributed by atoms with van der Waals surface area (Å²) in [5.41, 5.74) is 1.57. The van der Waals surface area contributed by atoms with Gasteiger partial charge in [-0.25, -0.2) is 9.59 Å². The molecule has 0 aliphatic carbocycles. The minimum atomic E-state index is -1.91. The predicted molar refractivity (Wildman–Crippen MR) is 163 cm³/mol. The molecule has 11 unspecified atom stereocenters. The van der Waals surface area contributed by atoms with E-state index in [0.717, 1.165) is 11.1 Å². The molecule has 2 aromatic carbocycles. The van der Waals surface area contributed by atoms with Gasteiger partial charge in [-0.3, -0.25) is 0 Å². The van der Waals surface area contributed by atoms with Crippen LogP contribution in [0.25, 0.3) is 0 Å². The topological polar surface area (TPSA) is 262 Å². The first-order valence-corrected chi connectivity index (χ1v) is 15.2. The number of carboxylic acids is 2. The van der Waals surface area contributed by atoms with Crippen LogP contribution in [0.1, 0.15) is 31.9 Å². The molecule has 3 rings (SSSR count). The van der Waals surface area contributed by atoms with Crippen LogP contribution in [0.4, 0.5) is 0 Å². The quantitative estimate of drug-likeness (QED) is 0.0963. The average molecular weight is 685 g/mol. The summed E-state index contributed by atoms with van der Waals surface area (Å²) in [6, 6.07) is 9.75. The number of methoxy groups -OCH3 is 1. The Kier molecular flexibility index (Phi) is 13.8. The highest BCUT2D eigenvalue weighted by atomic mass is 16.7. The zero-order valence-corrected chi connectivity index (χ0v) is 26.8. The number of hydrogen-bond donors (Lipinski definition) is 9. The van der Waals surface area contributed by atoms with Gasteiger partial charge in [0.15, 0.2) is 41.5 Å². The van der Waals surface area contributed by atoms with E-state index in [0.29, 0.717) is 18.6 Å². The molecule has 0 amide bonds. The fourth-order valence-corrected chi connectivity index (χ4v) is 5.15. The zero-order valence-electron chi connectivity index (χ0n) is 26.8. The normalized spacial score (nSPS) is 24.8. The van der Waals surface area contributed by atoms with E-state index in [1.165, 1.54) is 26.2 Å². The average Bonchev–Trinajstić information content (AvgIpc) is 3.04. The summed E-state index contributed by atoms with van der Waals surface area (Å²) >= 11 is 0. The highest BCUT2D eigenvalue weighted by molar-refractivity contribution is 5.73. The number of benzene rings is 2. The third-order valence-electron chi connectivity index (χ3n) is 8.16. The van der Waals surface area contributed by atoms with Crippen LogP contribution in [-0.2, 0) is 31.9 Å². The molecule has 48 heavy (non-hydrogen) atoms. The van der Waals surface area contributed by atoms with Crippen molar-refractivity contribution in [3.8, 4) is 23.0 Å². The molecule has 0 saturated carbocycles. The van der Waals surface area contributed by atoms with Crippen LogP contribution in [0.2, 0.25) is 0 Å². The smallest absolute Gasteiger partial charge is 0.335 e. The molecule has 0 aromatic heterocycles. The Bertz CT molecular complexity index is 1370. The van der Waals surface area contributed by atoms with Gasteiger partial charge in [-0.15, -0.1) is 0 Å². The van der Waals surface area contributed by atoms with E-state index < -0.39 is 73.9 Å². The first-order chi connectivity index (χ1) is 22.6. The Hall–Kier alpha value is -3.74. The van der Waals surface area contributed by atoms with Crippen LogP contribution in [-0.4, -0.2) is 127 Å². The van der Waals surface area contributed by atoms with Crippen molar-refractivity contribution in [1.29, 1.82) is 0 Å². The van der Waals surface area contributed by atoms with E-state index in [-0.39, 0.29) is 29.1 Å². The number of carbonyl (C=O) groups is 2. The van der Waals surface area contributed by atoms with Crippen LogP contribution in [0, 0.1) is 11.8 Å². The van der Waals surface area contributed by atoms with Gasteiger partial charge in [-0.1, -0.05) is 26.0 Å². The van der Waals surface area contributed by atoms with Crippen molar-refractivity contribution in [2.24, 2.45) is 11.8 Å². The number of aliphatic hydroxyl groups excluding tert-OH is 6. The molecule has 268 valence electrons. The maximum atomic E-state index is 11.6. The van der Waals surface area contributed by atoms with Gasteiger partial charge in [0.05, 0.1) is 13.7 Å². The van der Waals surface area contributed by atoms with E-state index in [4.69, 9.17) is 28.8 Å². The molecule has 1 aliphatic rings. The number of phenols is 1. The summed E-state index contributed by atoms with van der Waals surface area (Å²) in [5.74, 6) is -2.88. The summed E-state index contributed by atoms with van der Waals surface area (Å²) < 4.78 is 27.2. The van der Waals surface area contributed by atoms with Crippen LogP contribution in [0.5, 0.6) is 23.0 Å². The molecule has 0 radical (unpaired) electrons. The van der Waals surface area contributed by atoms with Gasteiger partial charge in [-0.2, -0.15) is 0 Å². The number of ether oxygens (including phenoxy) is 5. The number of carboxylic acid groups (broad SMARTS) is 2. The summed E-state index contributed by atoms with van der Waals surface area (Å²) in [4.78, 5) is 23.0. The fourth-order valence-electron chi connectivity index (χ4n) is 5.15. The fraction of sp³-hybridized carbons (Fsp3) is 0.562. The van der Waals surface area contributed by atoms with Gasteiger partial charge >= 0.3 is 11.9 Å². The van der Waals surface area contributed by atoms with Gasteiger partial charge in [0, 0.05) is 0 Å². The maximum absolute atomic E-state index is 11.6. The zero-order chi connectivity index (χ0) is 35.9. The molecule has 0 spiro atoms. The van der Waals surface area contributed by atoms with Crippen LogP contribution in [0.3, 0.4) is 0 Å². The first kappa shape index (κ1) is 38.7. The lowest BCUT2D eigenvalue weighted by Gasteiger charge is -2.38. The third kappa shape index (κ3) is 9.67. The SMILES string of the molecule is COc1ccc(CC(C)C(C)Cc2ccc(O)c(OC3OC(C(=O)O)C(O)C(O)C3O)c2)cc1OC(C)OC(C(=O)O)C(O)C(O)CO. The summed E-state index contributed by atoms with van der Waals surface area (Å²) in [6.07, 6.45) is -14.8. The van der Waals surface area contributed by atoms with Crippen molar-refractivity contribution in [1.82, 2.24) is 0 Å². The molecule has 9 N–H and O–H groups in total. The molecule has 1 fully saturated rings. The molecule has 2 aromatic rings. The molecule has 11 atom stereocenters. The van der Waals surface area contributed by atoms with Gasteiger partial charge < -0.3 is 69.6 Å². The van der Waals surface area contributed by atoms with E-state index >= 15 is 0 Å². The summed E-state index contributed by atoms with van der Waals surface area (Å²) in [7, 11) is 1.42.